The number of rotatable bonds is 6. The van der Waals surface area contributed by atoms with Gasteiger partial charge in [0, 0.05) is 12.0 Å². The molecule has 0 spiro atoms. The summed E-state index contributed by atoms with van der Waals surface area (Å²) in [5, 5.41) is 0. The van der Waals surface area contributed by atoms with Crippen molar-refractivity contribution >= 4 is 5.82 Å². The highest BCUT2D eigenvalue weighted by Gasteiger charge is 2.10. The molecule has 0 aliphatic carbocycles. The first-order chi connectivity index (χ1) is 8.06. The van der Waals surface area contributed by atoms with Crippen molar-refractivity contribution in [1.82, 2.24) is 9.97 Å². The quantitative estimate of drug-likeness (QED) is 0.588. The zero-order chi connectivity index (χ0) is 12.8. The lowest BCUT2D eigenvalue weighted by atomic mass is 10.2. The van der Waals surface area contributed by atoms with Crippen LogP contribution in [0.1, 0.15) is 52.3 Å². The van der Waals surface area contributed by atoms with Gasteiger partial charge in [-0.2, -0.15) is 4.98 Å². The lowest BCUT2D eigenvalue weighted by molar-refractivity contribution is 0.200. The predicted octanol–water partition coefficient (Wildman–Crippen LogP) is 2.45. The minimum absolute atomic E-state index is 0.153. The first-order valence-corrected chi connectivity index (χ1v) is 6.09. The van der Waals surface area contributed by atoms with E-state index in [0.29, 0.717) is 11.7 Å². The average Bonchev–Trinajstić information content (AvgIpc) is 2.28. The molecule has 5 heteroatoms. The minimum Gasteiger partial charge on any atom is -0.475 e. The molecule has 0 saturated carbocycles. The second kappa shape index (κ2) is 6.39. The van der Waals surface area contributed by atoms with Gasteiger partial charge in [-0.25, -0.2) is 10.8 Å². The number of hydrogen-bond donors (Lipinski definition) is 2. The molecule has 0 saturated heterocycles. The molecule has 0 bridgehead atoms. The Hall–Kier alpha value is -1.36. The molecule has 0 amide bonds. The van der Waals surface area contributed by atoms with Crippen molar-refractivity contribution in [1.29, 1.82) is 0 Å². The zero-order valence-corrected chi connectivity index (χ0v) is 11.0. The molecule has 0 fully saturated rings. The largest absolute Gasteiger partial charge is 0.475 e. The van der Waals surface area contributed by atoms with Gasteiger partial charge in [0.05, 0.1) is 6.10 Å². The molecule has 0 radical (unpaired) electrons. The van der Waals surface area contributed by atoms with Gasteiger partial charge in [0.2, 0.25) is 5.88 Å². The van der Waals surface area contributed by atoms with E-state index in [2.05, 4.69) is 22.3 Å². The van der Waals surface area contributed by atoms with Crippen LogP contribution >= 0.6 is 0 Å². The lowest BCUT2D eigenvalue weighted by Gasteiger charge is -2.15. The van der Waals surface area contributed by atoms with E-state index in [-0.39, 0.29) is 12.0 Å². The molecular formula is C12H22N4O. The Balaban J connectivity index is 2.87. The van der Waals surface area contributed by atoms with Gasteiger partial charge < -0.3 is 10.2 Å². The summed E-state index contributed by atoms with van der Waals surface area (Å²) in [6.07, 6.45) is 2.25. The number of nitrogens with two attached hydrogens (primary N) is 1. The second-order valence-corrected chi connectivity index (χ2v) is 4.47. The van der Waals surface area contributed by atoms with Crippen molar-refractivity contribution in [3.8, 4) is 5.88 Å². The van der Waals surface area contributed by atoms with Crippen molar-refractivity contribution in [3.63, 3.8) is 0 Å². The monoisotopic (exact) mass is 238 g/mol. The van der Waals surface area contributed by atoms with Crippen molar-refractivity contribution in [2.24, 2.45) is 5.84 Å². The smallest absolute Gasteiger partial charge is 0.219 e. The Morgan fingerprint density at radius 2 is 2.06 bits per heavy atom. The number of anilines is 1. The van der Waals surface area contributed by atoms with Crippen LogP contribution in [0.25, 0.3) is 0 Å². The summed E-state index contributed by atoms with van der Waals surface area (Å²) in [4.78, 5) is 8.65. The topological polar surface area (TPSA) is 73.1 Å². The van der Waals surface area contributed by atoms with Crippen LogP contribution in [0.3, 0.4) is 0 Å². The molecule has 0 aliphatic heterocycles. The molecule has 5 nitrogen and oxygen atoms in total. The van der Waals surface area contributed by atoms with Crippen LogP contribution in [0.4, 0.5) is 5.82 Å². The molecule has 0 aliphatic rings. The molecule has 1 unspecified atom stereocenters. The number of hydrogen-bond acceptors (Lipinski definition) is 5. The van der Waals surface area contributed by atoms with Crippen LogP contribution in [0, 0.1) is 0 Å². The van der Waals surface area contributed by atoms with Crippen LogP contribution in [-0.4, -0.2) is 16.1 Å². The average molecular weight is 238 g/mol. The Bertz CT molecular complexity index is 354. The van der Waals surface area contributed by atoms with Crippen molar-refractivity contribution in [2.45, 2.75) is 52.6 Å². The first-order valence-electron chi connectivity index (χ1n) is 6.09. The number of nitrogens with one attached hydrogen (secondary N) is 1. The molecule has 1 aromatic heterocycles. The normalized spacial score (nSPS) is 12.6. The van der Waals surface area contributed by atoms with Crippen molar-refractivity contribution < 1.29 is 4.74 Å². The van der Waals surface area contributed by atoms with Gasteiger partial charge in [-0.05, 0) is 13.3 Å². The summed E-state index contributed by atoms with van der Waals surface area (Å²) < 4.78 is 5.74. The molecule has 1 atom stereocenters. The van der Waals surface area contributed by atoms with E-state index in [9.17, 15) is 0 Å². The molecule has 0 aromatic carbocycles. The van der Waals surface area contributed by atoms with E-state index in [1.54, 1.807) is 6.07 Å². The third-order valence-corrected chi connectivity index (χ3v) is 2.40. The van der Waals surface area contributed by atoms with Gasteiger partial charge >= 0.3 is 0 Å². The summed E-state index contributed by atoms with van der Waals surface area (Å²) in [6, 6.07) is 1.72. The number of nitrogen functional groups attached to an aromatic ring is 1. The molecule has 1 rings (SSSR count). The van der Waals surface area contributed by atoms with Crippen molar-refractivity contribution in [3.05, 3.63) is 11.9 Å². The number of nitrogens with zero attached hydrogens (tertiary/aromatic N) is 2. The summed E-state index contributed by atoms with van der Waals surface area (Å²) >= 11 is 0. The highest BCUT2D eigenvalue weighted by molar-refractivity contribution is 5.37. The summed E-state index contributed by atoms with van der Waals surface area (Å²) in [5.41, 5.74) is 2.54. The number of hydrazine groups is 1. The standard InChI is InChI=1S/C12H22N4O/c1-5-6-9(4)17-11-7-10(16-13)14-12(15-11)8(2)3/h7-9H,5-6,13H2,1-4H3,(H,14,15,16). The molecule has 1 heterocycles. The fourth-order valence-electron chi connectivity index (χ4n) is 1.51. The van der Waals surface area contributed by atoms with Crippen LogP contribution < -0.4 is 16.0 Å². The van der Waals surface area contributed by atoms with Gasteiger partial charge in [0.1, 0.15) is 11.6 Å². The fourth-order valence-corrected chi connectivity index (χ4v) is 1.51. The van der Waals surface area contributed by atoms with Crippen LogP contribution in [0.15, 0.2) is 6.07 Å². The summed E-state index contributed by atoms with van der Waals surface area (Å²) in [5.74, 6) is 7.53. The van der Waals surface area contributed by atoms with E-state index in [1.807, 2.05) is 20.8 Å². The Morgan fingerprint density at radius 3 is 2.59 bits per heavy atom. The van der Waals surface area contributed by atoms with Crippen LogP contribution in [0.2, 0.25) is 0 Å². The van der Waals surface area contributed by atoms with E-state index in [0.717, 1.165) is 18.7 Å². The maximum Gasteiger partial charge on any atom is 0.219 e. The van der Waals surface area contributed by atoms with Gasteiger partial charge in [0.15, 0.2) is 0 Å². The summed E-state index contributed by atoms with van der Waals surface area (Å²) in [7, 11) is 0. The Labute approximate surface area is 103 Å². The Kier molecular flexibility index (Phi) is 5.15. The number of ether oxygens (including phenoxy) is 1. The number of aromatic nitrogens is 2. The predicted molar refractivity (Wildman–Crippen MR) is 68.9 cm³/mol. The fraction of sp³-hybridized carbons (Fsp3) is 0.667. The van der Waals surface area contributed by atoms with Crippen LogP contribution in [0.5, 0.6) is 5.88 Å². The van der Waals surface area contributed by atoms with E-state index in [1.165, 1.54) is 0 Å². The third kappa shape index (κ3) is 4.19. The summed E-state index contributed by atoms with van der Waals surface area (Å²) in [6.45, 7) is 8.24. The second-order valence-electron chi connectivity index (χ2n) is 4.47. The third-order valence-electron chi connectivity index (χ3n) is 2.40. The van der Waals surface area contributed by atoms with Gasteiger partial charge in [-0.3, -0.25) is 0 Å². The maximum atomic E-state index is 5.74. The van der Waals surface area contributed by atoms with Crippen molar-refractivity contribution in [2.75, 3.05) is 5.43 Å². The van der Waals surface area contributed by atoms with E-state index in [4.69, 9.17) is 10.6 Å². The van der Waals surface area contributed by atoms with Gasteiger partial charge in [-0.15, -0.1) is 0 Å². The molecule has 3 N–H and O–H groups in total. The highest BCUT2D eigenvalue weighted by Crippen LogP contribution is 2.19. The minimum atomic E-state index is 0.153. The van der Waals surface area contributed by atoms with E-state index >= 15 is 0 Å². The molecule has 17 heavy (non-hydrogen) atoms. The van der Waals surface area contributed by atoms with Crippen LogP contribution in [-0.2, 0) is 0 Å². The molecule has 96 valence electrons. The van der Waals surface area contributed by atoms with E-state index < -0.39 is 0 Å². The Morgan fingerprint density at radius 1 is 1.35 bits per heavy atom. The molecule has 1 aromatic rings. The first kappa shape index (κ1) is 13.7. The lowest BCUT2D eigenvalue weighted by Crippen LogP contribution is -2.15. The maximum absolute atomic E-state index is 5.74. The molecular weight excluding hydrogens is 216 g/mol. The van der Waals surface area contributed by atoms with Gasteiger partial charge in [0.25, 0.3) is 0 Å². The highest BCUT2D eigenvalue weighted by atomic mass is 16.5. The SMILES string of the molecule is CCCC(C)Oc1cc(NN)nc(C(C)C)n1. The van der Waals surface area contributed by atoms with Gasteiger partial charge in [-0.1, -0.05) is 27.2 Å². The zero-order valence-electron chi connectivity index (χ0n) is 11.0.